The Hall–Kier alpha value is -3.84. The van der Waals surface area contributed by atoms with Crippen LogP contribution in [0.4, 0.5) is 17.1 Å². The van der Waals surface area contributed by atoms with E-state index in [1.807, 2.05) is 67.6 Å². The average Bonchev–Trinajstić information content (AvgIpc) is 2.80. The van der Waals surface area contributed by atoms with E-state index in [9.17, 15) is 14.4 Å². The molecule has 0 bridgehead atoms. The second-order valence-corrected chi connectivity index (χ2v) is 8.20. The van der Waals surface area contributed by atoms with Gasteiger partial charge in [0.15, 0.2) is 0 Å². The van der Waals surface area contributed by atoms with E-state index in [0.717, 1.165) is 28.4 Å². The number of carboxylic acids is 1. The van der Waals surface area contributed by atoms with Gasteiger partial charge in [0.05, 0.1) is 5.25 Å². The highest BCUT2D eigenvalue weighted by Crippen LogP contribution is 2.31. The summed E-state index contributed by atoms with van der Waals surface area (Å²) >= 11 is 1.42. The van der Waals surface area contributed by atoms with Crippen molar-refractivity contribution >= 4 is 46.6 Å². The lowest BCUT2D eigenvalue weighted by atomic mass is 10.2. The fourth-order valence-corrected chi connectivity index (χ4v) is 3.85. The zero-order valence-electron chi connectivity index (χ0n) is 17.3. The Kier molecular flexibility index (Phi) is 7.83. The molecule has 0 heterocycles. The summed E-state index contributed by atoms with van der Waals surface area (Å²) in [4.78, 5) is 38.1. The summed E-state index contributed by atoms with van der Waals surface area (Å²) in [7, 11) is 0. The first kappa shape index (κ1) is 22.8. The fraction of sp³-hybridized carbons (Fsp3) is 0.0800. The molecule has 0 fully saturated rings. The highest BCUT2D eigenvalue weighted by atomic mass is 32.2. The summed E-state index contributed by atoms with van der Waals surface area (Å²) in [6.07, 6.45) is 1.73. The second-order valence-electron chi connectivity index (χ2n) is 6.79. The van der Waals surface area contributed by atoms with Crippen molar-refractivity contribution in [2.45, 2.75) is 17.1 Å². The number of hydrogen-bond acceptors (Lipinski definition) is 4. The molecule has 32 heavy (non-hydrogen) atoms. The standard InChI is InChI=1S/C25H22N2O4S/c1-18(32-22-14-12-19(13-15-22)26-23(28)16-17-24(29)30)25(31)27(20-8-4-2-5-9-20)21-10-6-3-7-11-21/h2-18H,1H3,(H,26,28)(H,29,30)/b17-16+. The van der Waals surface area contributed by atoms with E-state index in [-0.39, 0.29) is 11.2 Å². The monoisotopic (exact) mass is 446 g/mol. The normalized spacial score (nSPS) is 11.7. The van der Waals surface area contributed by atoms with Gasteiger partial charge >= 0.3 is 5.97 Å². The van der Waals surface area contributed by atoms with Gasteiger partial charge in [-0.25, -0.2) is 4.79 Å². The summed E-state index contributed by atoms with van der Waals surface area (Å²) in [5, 5.41) is 10.8. The third-order valence-electron chi connectivity index (χ3n) is 4.41. The van der Waals surface area contributed by atoms with E-state index in [1.165, 1.54) is 11.8 Å². The first-order valence-corrected chi connectivity index (χ1v) is 10.7. The average molecular weight is 447 g/mol. The van der Waals surface area contributed by atoms with Crippen LogP contribution in [0.3, 0.4) is 0 Å². The number of carbonyl (C=O) groups is 3. The van der Waals surface area contributed by atoms with Crippen molar-refractivity contribution in [2.24, 2.45) is 0 Å². The maximum absolute atomic E-state index is 13.4. The molecule has 1 atom stereocenters. The first-order chi connectivity index (χ1) is 15.4. The van der Waals surface area contributed by atoms with Gasteiger partial charge < -0.3 is 10.4 Å². The molecule has 162 valence electrons. The van der Waals surface area contributed by atoms with Crippen LogP contribution in [-0.2, 0) is 14.4 Å². The summed E-state index contributed by atoms with van der Waals surface area (Å²) in [6, 6.07) is 26.0. The molecule has 2 amide bonds. The largest absolute Gasteiger partial charge is 0.478 e. The third-order valence-corrected chi connectivity index (χ3v) is 5.51. The third kappa shape index (κ3) is 6.33. The van der Waals surface area contributed by atoms with Gasteiger partial charge in [-0.15, -0.1) is 11.8 Å². The van der Waals surface area contributed by atoms with Crippen LogP contribution < -0.4 is 10.2 Å². The van der Waals surface area contributed by atoms with Crippen molar-refractivity contribution in [3.8, 4) is 0 Å². The minimum Gasteiger partial charge on any atom is -0.478 e. The van der Waals surface area contributed by atoms with Gasteiger partial charge in [0.25, 0.3) is 0 Å². The number of carbonyl (C=O) groups excluding carboxylic acids is 2. The van der Waals surface area contributed by atoms with Crippen molar-refractivity contribution in [1.82, 2.24) is 0 Å². The number of anilines is 3. The van der Waals surface area contributed by atoms with Crippen LogP contribution in [0.15, 0.2) is 102 Å². The molecule has 0 aliphatic carbocycles. The predicted molar refractivity (Wildman–Crippen MR) is 127 cm³/mol. The van der Waals surface area contributed by atoms with Gasteiger partial charge in [-0.05, 0) is 55.5 Å². The Bertz CT molecular complexity index is 1060. The number of nitrogens with one attached hydrogen (secondary N) is 1. The Morgan fingerprint density at radius 1 is 0.844 bits per heavy atom. The number of para-hydroxylation sites is 2. The van der Waals surface area contributed by atoms with E-state index in [2.05, 4.69) is 5.32 Å². The minimum absolute atomic E-state index is 0.0522. The van der Waals surface area contributed by atoms with Gasteiger partial charge in [0.1, 0.15) is 0 Å². The van der Waals surface area contributed by atoms with E-state index in [0.29, 0.717) is 5.69 Å². The molecule has 0 aromatic heterocycles. The Morgan fingerprint density at radius 2 is 1.38 bits per heavy atom. The van der Waals surface area contributed by atoms with Gasteiger partial charge in [-0.1, -0.05) is 36.4 Å². The van der Waals surface area contributed by atoms with Crippen molar-refractivity contribution in [1.29, 1.82) is 0 Å². The van der Waals surface area contributed by atoms with Gasteiger partial charge in [0.2, 0.25) is 11.8 Å². The molecule has 0 saturated heterocycles. The summed E-state index contributed by atoms with van der Waals surface area (Å²) in [6.45, 7) is 1.86. The molecule has 0 saturated carbocycles. The van der Waals surface area contributed by atoms with E-state index in [1.54, 1.807) is 29.2 Å². The lowest BCUT2D eigenvalue weighted by Gasteiger charge is -2.26. The van der Waals surface area contributed by atoms with E-state index in [4.69, 9.17) is 5.11 Å². The van der Waals surface area contributed by atoms with Gasteiger partial charge in [-0.2, -0.15) is 0 Å². The van der Waals surface area contributed by atoms with E-state index < -0.39 is 11.9 Å². The van der Waals surface area contributed by atoms with Crippen LogP contribution in [-0.4, -0.2) is 28.1 Å². The quantitative estimate of drug-likeness (QED) is 0.371. The topological polar surface area (TPSA) is 86.7 Å². The van der Waals surface area contributed by atoms with Crippen LogP contribution in [0.1, 0.15) is 6.92 Å². The molecule has 0 aliphatic rings. The molecule has 6 nitrogen and oxygen atoms in total. The van der Waals surface area contributed by atoms with Crippen LogP contribution in [0, 0.1) is 0 Å². The lowest BCUT2D eigenvalue weighted by molar-refractivity contribution is -0.131. The zero-order valence-corrected chi connectivity index (χ0v) is 18.2. The van der Waals surface area contributed by atoms with Gasteiger partial charge in [-0.3, -0.25) is 14.5 Å². The number of thioether (sulfide) groups is 1. The SMILES string of the molecule is CC(Sc1ccc(NC(=O)/C=C/C(=O)O)cc1)C(=O)N(c1ccccc1)c1ccccc1. The van der Waals surface area contributed by atoms with Gasteiger partial charge in [0, 0.05) is 34.1 Å². The maximum Gasteiger partial charge on any atom is 0.328 e. The number of rotatable bonds is 8. The smallest absolute Gasteiger partial charge is 0.328 e. The Morgan fingerprint density at radius 3 is 1.88 bits per heavy atom. The van der Waals surface area contributed by atoms with Crippen molar-refractivity contribution in [3.63, 3.8) is 0 Å². The number of nitrogens with zero attached hydrogens (tertiary/aromatic N) is 1. The summed E-state index contributed by atoms with van der Waals surface area (Å²) in [5.74, 6) is -1.77. The number of amides is 2. The van der Waals surface area contributed by atoms with Crippen LogP contribution >= 0.6 is 11.8 Å². The number of benzene rings is 3. The van der Waals surface area contributed by atoms with Crippen LogP contribution in [0.5, 0.6) is 0 Å². The van der Waals surface area contributed by atoms with Crippen molar-refractivity contribution < 1.29 is 19.5 Å². The number of carboxylic acid groups (broad SMARTS) is 1. The Labute approximate surface area is 190 Å². The van der Waals surface area contributed by atoms with Crippen LogP contribution in [0.2, 0.25) is 0 Å². The highest BCUT2D eigenvalue weighted by Gasteiger charge is 2.24. The van der Waals surface area contributed by atoms with E-state index >= 15 is 0 Å². The number of hydrogen-bond donors (Lipinski definition) is 2. The molecule has 3 rings (SSSR count). The molecule has 3 aromatic rings. The predicted octanol–water partition coefficient (Wildman–Crippen LogP) is 5.11. The Balaban J connectivity index is 1.71. The minimum atomic E-state index is -1.19. The highest BCUT2D eigenvalue weighted by molar-refractivity contribution is 8.00. The lowest BCUT2D eigenvalue weighted by Crippen LogP contribution is -2.32. The molecule has 0 spiro atoms. The van der Waals surface area contributed by atoms with Crippen molar-refractivity contribution in [3.05, 3.63) is 97.1 Å². The molecule has 3 aromatic carbocycles. The zero-order chi connectivity index (χ0) is 22.9. The molecular weight excluding hydrogens is 424 g/mol. The molecule has 2 N–H and O–H groups in total. The molecule has 0 aliphatic heterocycles. The number of aliphatic carboxylic acids is 1. The molecule has 1 unspecified atom stereocenters. The molecule has 7 heteroatoms. The molecular formula is C25H22N2O4S. The fourth-order valence-electron chi connectivity index (χ4n) is 2.94. The summed E-state index contributed by atoms with van der Waals surface area (Å²) < 4.78 is 0. The van der Waals surface area contributed by atoms with Crippen LogP contribution in [0.25, 0.3) is 0 Å². The molecule has 0 radical (unpaired) electrons. The second kappa shape index (κ2) is 11.0. The maximum atomic E-state index is 13.4. The van der Waals surface area contributed by atoms with Crippen molar-refractivity contribution in [2.75, 3.05) is 10.2 Å². The first-order valence-electron chi connectivity index (χ1n) is 9.87. The summed E-state index contributed by atoms with van der Waals surface area (Å²) in [5.41, 5.74) is 2.12.